The molecule has 1 rings (SSSR count). The van der Waals surface area contributed by atoms with Gasteiger partial charge in [0.25, 0.3) is 5.56 Å². The van der Waals surface area contributed by atoms with Crippen LogP contribution in [0, 0.1) is 0 Å². The monoisotopic (exact) mass is 180 g/mol. The van der Waals surface area contributed by atoms with E-state index in [1.165, 1.54) is 6.07 Å². The summed E-state index contributed by atoms with van der Waals surface area (Å²) in [6.45, 7) is 6.77. The van der Waals surface area contributed by atoms with Gasteiger partial charge in [0.05, 0.1) is 0 Å². The van der Waals surface area contributed by atoms with Gasteiger partial charge in [0.1, 0.15) is 0 Å². The topological polar surface area (TPSA) is 48.0 Å². The summed E-state index contributed by atoms with van der Waals surface area (Å²) in [4.78, 5) is 11.5. The molecule has 0 spiro atoms. The van der Waals surface area contributed by atoms with E-state index in [9.17, 15) is 4.79 Å². The van der Waals surface area contributed by atoms with E-state index in [0.717, 1.165) is 5.69 Å². The average Bonchev–Trinajstić information content (AvgIpc) is 2.02. The van der Waals surface area contributed by atoms with Gasteiger partial charge in [0.15, 0.2) is 0 Å². The van der Waals surface area contributed by atoms with Crippen LogP contribution in [0.5, 0.6) is 0 Å². The van der Waals surface area contributed by atoms with Gasteiger partial charge in [0.2, 0.25) is 0 Å². The lowest BCUT2D eigenvalue weighted by atomic mass is 10.1. The fourth-order valence-corrected chi connectivity index (χ4v) is 1.45. The summed E-state index contributed by atoms with van der Waals surface area (Å²) in [7, 11) is 0. The molecule has 0 atom stereocenters. The van der Waals surface area contributed by atoms with Crippen molar-refractivity contribution in [2.24, 2.45) is 0 Å². The number of rotatable bonds is 2. The number of nitrogens with zero attached hydrogens (tertiary/aromatic N) is 1. The summed E-state index contributed by atoms with van der Waals surface area (Å²) in [6, 6.07) is 3.34. The van der Waals surface area contributed by atoms with Crippen molar-refractivity contribution < 1.29 is 0 Å². The van der Waals surface area contributed by atoms with Crippen molar-refractivity contribution in [3.63, 3.8) is 0 Å². The number of nitrogen functional groups attached to an aromatic ring is 1. The molecule has 1 aromatic heterocycles. The summed E-state index contributed by atoms with van der Waals surface area (Å²) in [6.07, 6.45) is 0. The zero-order valence-corrected chi connectivity index (χ0v) is 8.37. The molecule has 0 aliphatic carbocycles. The van der Waals surface area contributed by atoms with E-state index in [1.807, 2.05) is 13.0 Å². The Morgan fingerprint density at radius 3 is 2.54 bits per heavy atom. The second-order valence-electron chi connectivity index (χ2n) is 3.45. The van der Waals surface area contributed by atoms with Crippen LogP contribution < -0.4 is 11.3 Å². The summed E-state index contributed by atoms with van der Waals surface area (Å²) in [5, 5.41) is 0. The maximum Gasteiger partial charge on any atom is 0.252 e. The molecule has 0 aliphatic rings. The van der Waals surface area contributed by atoms with E-state index in [1.54, 1.807) is 4.57 Å². The molecule has 3 heteroatoms. The Balaban J connectivity index is 3.38. The van der Waals surface area contributed by atoms with Gasteiger partial charge in [0, 0.05) is 24.0 Å². The number of aromatic nitrogens is 1. The fraction of sp³-hybridized carbons (Fsp3) is 0.500. The van der Waals surface area contributed by atoms with Gasteiger partial charge in [-0.1, -0.05) is 13.8 Å². The highest BCUT2D eigenvalue weighted by Crippen LogP contribution is 2.14. The first kappa shape index (κ1) is 9.84. The van der Waals surface area contributed by atoms with E-state index >= 15 is 0 Å². The third kappa shape index (κ3) is 1.91. The van der Waals surface area contributed by atoms with E-state index in [0.29, 0.717) is 18.2 Å². The number of nitrogens with two attached hydrogens (primary N) is 1. The van der Waals surface area contributed by atoms with Crippen LogP contribution >= 0.6 is 0 Å². The van der Waals surface area contributed by atoms with Crippen LogP contribution in [0.2, 0.25) is 0 Å². The van der Waals surface area contributed by atoms with Crippen molar-refractivity contribution in [2.75, 3.05) is 5.73 Å². The molecule has 72 valence electrons. The lowest BCUT2D eigenvalue weighted by Gasteiger charge is -2.14. The maximum absolute atomic E-state index is 11.5. The predicted molar refractivity (Wildman–Crippen MR) is 54.9 cm³/mol. The van der Waals surface area contributed by atoms with Gasteiger partial charge < -0.3 is 10.3 Å². The van der Waals surface area contributed by atoms with Crippen LogP contribution in [0.15, 0.2) is 16.9 Å². The van der Waals surface area contributed by atoms with E-state index < -0.39 is 0 Å². The molecular weight excluding hydrogens is 164 g/mol. The first-order valence-corrected chi connectivity index (χ1v) is 4.56. The molecule has 2 N–H and O–H groups in total. The molecule has 0 bridgehead atoms. The van der Waals surface area contributed by atoms with Crippen molar-refractivity contribution in [1.82, 2.24) is 4.57 Å². The highest BCUT2D eigenvalue weighted by molar-refractivity contribution is 5.38. The van der Waals surface area contributed by atoms with Gasteiger partial charge in [-0.15, -0.1) is 0 Å². The van der Waals surface area contributed by atoms with E-state index in [4.69, 9.17) is 5.73 Å². The summed E-state index contributed by atoms with van der Waals surface area (Å²) < 4.78 is 1.75. The Bertz CT molecular complexity index is 352. The zero-order valence-electron chi connectivity index (χ0n) is 8.37. The molecule has 0 fully saturated rings. The molecule has 3 nitrogen and oxygen atoms in total. The molecule has 0 radical (unpaired) electrons. The molecule has 0 aromatic carbocycles. The predicted octanol–water partition coefficient (Wildman–Crippen LogP) is 1.57. The summed E-state index contributed by atoms with van der Waals surface area (Å²) in [5.74, 6) is 0.330. The minimum Gasteiger partial charge on any atom is -0.399 e. The summed E-state index contributed by atoms with van der Waals surface area (Å²) >= 11 is 0. The quantitative estimate of drug-likeness (QED) is 0.751. The van der Waals surface area contributed by atoms with Gasteiger partial charge in [-0.05, 0) is 18.9 Å². The van der Waals surface area contributed by atoms with Crippen LogP contribution in [0.3, 0.4) is 0 Å². The molecule has 1 heterocycles. The zero-order chi connectivity index (χ0) is 10.0. The van der Waals surface area contributed by atoms with Crippen LogP contribution in [0.25, 0.3) is 0 Å². The molecule has 1 aromatic rings. The molecule has 0 saturated heterocycles. The second kappa shape index (κ2) is 3.64. The maximum atomic E-state index is 11.5. The number of hydrogen-bond acceptors (Lipinski definition) is 2. The Morgan fingerprint density at radius 2 is 2.08 bits per heavy atom. The highest BCUT2D eigenvalue weighted by atomic mass is 16.1. The third-order valence-electron chi connectivity index (χ3n) is 2.09. The fourth-order valence-electron chi connectivity index (χ4n) is 1.45. The third-order valence-corrected chi connectivity index (χ3v) is 2.09. The van der Waals surface area contributed by atoms with Gasteiger partial charge in [-0.2, -0.15) is 0 Å². The number of anilines is 1. The molecule has 13 heavy (non-hydrogen) atoms. The number of hydrogen-bond donors (Lipinski definition) is 1. The van der Waals surface area contributed by atoms with Crippen molar-refractivity contribution in [2.45, 2.75) is 33.2 Å². The summed E-state index contributed by atoms with van der Waals surface area (Å²) in [5.41, 5.74) is 7.16. The van der Waals surface area contributed by atoms with Crippen LogP contribution in [-0.4, -0.2) is 4.57 Å². The standard InChI is InChI=1S/C10H16N2O/c1-4-12-9(7(2)3)5-8(11)6-10(12)13/h5-7H,4,11H2,1-3H3. The Hall–Kier alpha value is -1.25. The minimum atomic E-state index is -0.00815. The first-order chi connectivity index (χ1) is 6.06. The number of pyridine rings is 1. The Morgan fingerprint density at radius 1 is 1.46 bits per heavy atom. The normalized spacial score (nSPS) is 10.8. The molecular formula is C10H16N2O. The first-order valence-electron chi connectivity index (χ1n) is 4.56. The van der Waals surface area contributed by atoms with Crippen molar-refractivity contribution in [1.29, 1.82) is 0 Å². The Kier molecular flexibility index (Phi) is 2.76. The second-order valence-corrected chi connectivity index (χ2v) is 3.45. The lowest BCUT2D eigenvalue weighted by molar-refractivity contribution is 0.640. The highest BCUT2D eigenvalue weighted by Gasteiger charge is 2.06. The molecule has 0 amide bonds. The Labute approximate surface area is 78.2 Å². The van der Waals surface area contributed by atoms with Gasteiger partial charge in [-0.25, -0.2) is 0 Å². The van der Waals surface area contributed by atoms with Crippen LogP contribution in [0.4, 0.5) is 5.69 Å². The lowest BCUT2D eigenvalue weighted by Crippen LogP contribution is -2.23. The SMILES string of the molecule is CCn1c(C(C)C)cc(N)cc1=O. The van der Waals surface area contributed by atoms with E-state index in [-0.39, 0.29) is 5.56 Å². The van der Waals surface area contributed by atoms with Crippen molar-refractivity contribution >= 4 is 5.69 Å². The molecule has 0 aliphatic heterocycles. The smallest absolute Gasteiger partial charge is 0.252 e. The van der Waals surface area contributed by atoms with Crippen molar-refractivity contribution in [3.05, 3.63) is 28.2 Å². The molecule has 0 saturated carbocycles. The largest absolute Gasteiger partial charge is 0.399 e. The van der Waals surface area contributed by atoms with Gasteiger partial charge in [-0.3, -0.25) is 4.79 Å². The van der Waals surface area contributed by atoms with Crippen molar-refractivity contribution in [3.8, 4) is 0 Å². The van der Waals surface area contributed by atoms with E-state index in [2.05, 4.69) is 13.8 Å². The van der Waals surface area contributed by atoms with Crippen LogP contribution in [0.1, 0.15) is 32.4 Å². The van der Waals surface area contributed by atoms with Crippen LogP contribution in [-0.2, 0) is 6.54 Å². The molecule has 0 unspecified atom stereocenters. The average molecular weight is 180 g/mol. The minimum absolute atomic E-state index is 0.00815. The van der Waals surface area contributed by atoms with Gasteiger partial charge >= 0.3 is 0 Å².